The Morgan fingerprint density at radius 1 is 1.58 bits per heavy atom. The molecule has 0 aliphatic heterocycles. The van der Waals surface area contributed by atoms with E-state index >= 15 is 0 Å². The van der Waals surface area contributed by atoms with Crippen LogP contribution < -0.4 is 0 Å². The standard InChI is InChI=1S/C9H5N.V.Y/c1-2-8-3-5-9(7-10)6-4-8;;/h3,5-6H,2H2;;/q-2;;. The number of benzene rings is 1. The van der Waals surface area contributed by atoms with Crippen molar-refractivity contribution < 1.29 is 49.7 Å². The maximum atomic E-state index is 8.47. The molecule has 0 aliphatic rings. The molecule has 56 valence electrons. The Labute approximate surface area is 107 Å². The van der Waals surface area contributed by atoms with Gasteiger partial charge in [-0.05, 0) is 0 Å². The minimum Gasteiger partial charge on any atom is 0 e. The van der Waals surface area contributed by atoms with Gasteiger partial charge in [-0.15, -0.1) is 0 Å². The van der Waals surface area contributed by atoms with Crippen LogP contribution in [0.4, 0.5) is 0 Å². The second kappa shape index (κ2) is 6.75. The molecule has 0 saturated carbocycles. The summed E-state index contributed by atoms with van der Waals surface area (Å²) in [6, 6.07) is 10.4. The van der Waals surface area contributed by atoms with E-state index in [-0.39, 0.29) is 32.7 Å². The second-order valence-electron chi connectivity index (χ2n) is 2.05. The van der Waals surface area contributed by atoms with Gasteiger partial charge in [0.15, 0.2) is 0 Å². The van der Waals surface area contributed by atoms with Crippen molar-refractivity contribution in [3.8, 4) is 6.07 Å². The van der Waals surface area contributed by atoms with Crippen LogP contribution in [0.3, 0.4) is 0 Å². The predicted molar refractivity (Wildman–Crippen MR) is 38.7 cm³/mol. The van der Waals surface area contributed by atoms with Gasteiger partial charge >= 0.3 is 74.9 Å². The summed E-state index contributed by atoms with van der Waals surface area (Å²) < 4.78 is 2.94. The maximum Gasteiger partial charge on any atom is 0 e. The fourth-order valence-corrected chi connectivity index (χ4v) is 0.988. The van der Waals surface area contributed by atoms with Crippen LogP contribution in [0.15, 0.2) is 18.2 Å². The van der Waals surface area contributed by atoms with E-state index in [1.54, 1.807) is 12.1 Å². The average molecular weight is 267 g/mol. The number of nitrogens with zero attached hydrogens (tertiary/aromatic N) is 1. The van der Waals surface area contributed by atoms with E-state index in [2.05, 4.69) is 27.8 Å². The molecule has 0 heterocycles. The molecule has 1 radical (unpaired) electrons. The third-order valence-electron chi connectivity index (χ3n) is 1.28. The molecule has 0 N–H and O–H groups in total. The van der Waals surface area contributed by atoms with Crippen molar-refractivity contribution in [1.29, 1.82) is 5.26 Å². The van der Waals surface area contributed by atoms with Gasteiger partial charge in [0.05, 0.1) is 0 Å². The summed E-state index contributed by atoms with van der Waals surface area (Å²) in [5.74, 6) is 0. The minimum absolute atomic E-state index is 0. The van der Waals surface area contributed by atoms with Gasteiger partial charge in [0.1, 0.15) is 0 Å². The average Bonchev–Trinajstić information content (AvgIpc) is 2.07. The monoisotopic (exact) mass is 267 g/mol. The maximum absolute atomic E-state index is 8.47. The molecular weight excluding hydrogens is 262 g/mol. The van der Waals surface area contributed by atoms with E-state index in [4.69, 9.17) is 5.26 Å². The van der Waals surface area contributed by atoms with Crippen molar-refractivity contribution in [2.75, 3.05) is 0 Å². The van der Waals surface area contributed by atoms with Crippen LogP contribution in [-0.2, 0) is 56.1 Å². The summed E-state index contributed by atoms with van der Waals surface area (Å²) in [7, 11) is 0. The van der Waals surface area contributed by atoms with Crippen LogP contribution >= 0.6 is 0 Å². The number of hydrogen-bond acceptors (Lipinski definition) is 1. The van der Waals surface area contributed by atoms with E-state index in [0.29, 0.717) is 5.56 Å². The Morgan fingerprint density at radius 3 is 2.75 bits per heavy atom. The third kappa shape index (κ3) is 3.78. The minimum atomic E-state index is 0. The van der Waals surface area contributed by atoms with E-state index in [0.717, 1.165) is 12.0 Å². The zero-order valence-corrected chi connectivity index (χ0v) is 10.6. The molecular formula is C9H5NVY-2. The Kier molecular flexibility index (Phi) is 6.90. The summed E-state index contributed by atoms with van der Waals surface area (Å²) in [6.45, 7) is 0. The first-order chi connectivity index (χ1) is 5.36. The molecule has 12 heavy (non-hydrogen) atoms. The number of nitriles is 1. The van der Waals surface area contributed by atoms with Crippen molar-refractivity contribution in [3.63, 3.8) is 0 Å². The number of hydrogen-bond donors (Lipinski definition) is 0. The van der Waals surface area contributed by atoms with Crippen molar-refractivity contribution in [3.05, 3.63) is 35.4 Å². The fourth-order valence-electron chi connectivity index (χ4n) is 0.722. The largest absolute Gasteiger partial charge is 0 e. The zero-order valence-electron chi connectivity index (χ0n) is 6.41. The molecule has 0 unspecified atom stereocenters. The molecule has 0 saturated heterocycles. The van der Waals surface area contributed by atoms with Crippen LogP contribution in [0.2, 0.25) is 0 Å². The summed E-state index contributed by atoms with van der Waals surface area (Å²) in [5.41, 5.74) is 1.71. The SMILES string of the molecule is N#Cc1c[c-]c(C[C-]=[V])cc1.[Y]. The summed E-state index contributed by atoms with van der Waals surface area (Å²) in [5, 5.41) is 8.47. The normalized spacial score (nSPS) is 7.83. The molecule has 0 fully saturated rings. The van der Waals surface area contributed by atoms with Gasteiger partial charge in [-0.3, -0.25) is 0 Å². The van der Waals surface area contributed by atoms with Gasteiger partial charge in [0, 0.05) is 32.7 Å². The van der Waals surface area contributed by atoms with Gasteiger partial charge in [-0.1, -0.05) is 0 Å². The number of rotatable bonds is 2. The van der Waals surface area contributed by atoms with Crippen molar-refractivity contribution in [2.45, 2.75) is 6.42 Å². The van der Waals surface area contributed by atoms with Gasteiger partial charge in [-0.25, -0.2) is 0 Å². The van der Waals surface area contributed by atoms with Crippen LogP contribution in [0.5, 0.6) is 0 Å². The molecule has 1 aromatic carbocycles. The van der Waals surface area contributed by atoms with Gasteiger partial charge in [0.25, 0.3) is 0 Å². The van der Waals surface area contributed by atoms with Crippen LogP contribution in [0, 0.1) is 17.4 Å². The van der Waals surface area contributed by atoms with Crippen LogP contribution in [0.25, 0.3) is 0 Å². The Hall–Kier alpha value is 0.268. The van der Waals surface area contributed by atoms with Crippen LogP contribution in [-0.4, -0.2) is 4.73 Å². The second-order valence-corrected chi connectivity index (χ2v) is 2.54. The molecule has 1 nitrogen and oxygen atoms in total. The molecule has 3 heteroatoms. The summed E-state index contributed by atoms with van der Waals surface area (Å²) in [4.78, 5) is 0. The molecule has 0 bridgehead atoms. The first-order valence-electron chi connectivity index (χ1n) is 3.14. The molecule has 0 atom stereocenters. The molecule has 0 spiro atoms. The van der Waals surface area contributed by atoms with E-state index in [9.17, 15) is 0 Å². The third-order valence-corrected chi connectivity index (χ3v) is 1.52. The van der Waals surface area contributed by atoms with E-state index in [1.807, 2.05) is 12.1 Å². The van der Waals surface area contributed by atoms with Gasteiger partial charge < -0.3 is 0 Å². The predicted octanol–water partition coefficient (Wildman–Crippen LogP) is 1.12. The Morgan fingerprint density at radius 2 is 2.33 bits per heavy atom. The quantitative estimate of drug-likeness (QED) is 0.737. The molecule has 1 rings (SSSR count). The molecule has 0 amide bonds. The van der Waals surface area contributed by atoms with Gasteiger partial charge in [-0.2, -0.15) is 0 Å². The molecule has 0 aliphatic carbocycles. The molecule has 0 aromatic heterocycles. The Bertz CT molecular complexity index is 286. The van der Waals surface area contributed by atoms with Crippen LogP contribution in [0.1, 0.15) is 11.1 Å². The van der Waals surface area contributed by atoms with Gasteiger partial charge in [0.2, 0.25) is 0 Å². The summed E-state index contributed by atoms with van der Waals surface area (Å²) >= 11 is 2.28. The topological polar surface area (TPSA) is 23.8 Å². The van der Waals surface area contributed by atoms with E-state index < -0.39 is 0 Å². The first-order valence-corrected chi connectivity index (χ1v) is 3.84. The van der Waals surface area contributed by atoms with E-state index in [1.165, 1.54) is 0 Å². The zero-order chi connectivity index (χ0) is 8.10. The molecule has 1 aromatic rings. The Balaban J connectivity index is 0.00000121. The van der Waals surface area contributed by atoms with Crippen molar-refractivity contribution in [1.82, 2.24) is 0 Å². The van der Waals surface area contributed by atoms with Crippen molar-refractivity contribution >= 4 is 4.73 Å². The smallest absolute Gasteiger partial charge is 0 e. The fraction of sp³-hybridized carbons (Fsp3) is 0.111. The van der Waals surface area contributed by atoms with Crippen molar-refractivity contribution in [2.24, 2.45) is 0 Å². The summed E-state index contributed by atoms with van der Waals surface area (Å²) in [6.07, 6.45) is 0.770. The first kappa shape index (κ1) is 12.3.